The highest BCUT2D eigenvalue weighted by molar-refractivity contribution is 5.66. The van der Waals surface area contributed by atoms with Gasteiger partial charge in [-0.3, -0.25) is 4.79 Å². The van der Waals surface area contributed by atoms with Crippen LogP contribution in [0.5, 0.6) is 0 Å². The van der Waals surface area contributed by atoms with Gasteiger partial charge in [0.05, 0.1) is 17.8 Å². The van der Waals surface area contributed by atoms with Crippen LogP contribution < -0.4 is 0 Å². The number of hydrogen-bond donors (Lipinski definition) is 4. The molecule has 166 valence electrons. The summed E-state index contributed by atoms with van der Waals surface area (Å²) in [5.41, 5.74) is -1.04. The highest BCUT2D eigenvalue weighted by Gasteiger charge is 2.69. The maximum absolute atomic E-state index is 12.2. The van der Waals surface area contributed by atoms with E-state index in [1.165, 1.54) is 0 Å². The van der Waals surface area contributed by atoms with E-state index in [0.29, 0.717) is 37.0 Å². The second-order valence-electron chi connectivity index (χ2n) is 11.5. The monoisotopic (exact) mass is 408 g/mol. The molecular weight excluding hydrogens is 368 g/mol. The fourth-order valence-corrected chi connectivity index (χ4v) is 8.70. The molecule has 4 aliphatic carbocycles. The molecule has 5 heteroatoms. The van der Waals surface area contributed by atoms with Gasteiger partial charge in [0.1, 0.15) is 0 Å². The Morgan fingerprint density at radius 1 is 1.07 bits per heavy atom. The molecule has 0 aromatic carbocycles. The van der Waals surface area contributed by atoms with Gasteiger partial charge in [0.15, 0.2) is 0 Å². The molecule has 4 N–H and O–H groups in total. The highest BCUT2D eigenvalue weighted by Crippen LogP contribution is 2.69. The first kappa shape index (κ1) is 21.6. The Bertz CT molecular complexity index is 651. The largest absolute Gasteiger partial charge is 0.481 e. The number of aliphatic hydroxyl groups excluding tert-OH is 2. The highest BCUT2D eigenvalue weighted by atomic mass is 16.4. The Morgan fingerprint density at radius 2 is 1.79 bits per heavy atom. The van der Waals surface area contributed by atoms with E-state index in [9.17, 15) is 20.1 Å². The molecule has 0 amide bonds. The maximum atomic E-state index is 12.2. The molecule has 0 aromatic heterocycles. The predicted octanol–water partition coefficient (Wildman–Crippen LogP) is 3.59. The molecule has 10 atom stereocenters. The lowest BCUT2D eigenvalue weighted by Crippen LogP contribution is -2.66. The van der Waals surface area contributed by atoms with E-state index in [1.807, 2.05) is 0 Å². The first-order valence-corrected chi connectivity index (χ1v) is 11.8. The average Bonchev–Trinajstić information content (AvgIpc) is 2.92. The number of aliphatic hydroxyl groups is 3. The lowest BCUT2D eigenvalue weighted by Gasteiger charge is -2.65. The number of carbonyl (C=O) groups is 1. The minimum absolute atomic E-state index is 0.0905. The molecule has 5 nitrogen and oxygen atoms in total. The average molecular weight is 409 g/mol. The van der Waals surface area contributed by atoms with E-state index in [0.717, 1.165) is 38.5 Å². The van der Waals surface area contributed by atoms with Crippen molar-refractivity contribution in [1.82, 2.24) is 0 Å². The molecule has 0 unspecified atom stereocenters. The van der Waals surface area contributed by atoms with Crippen LogP contribution in [-0.2, 0) is 4.79 Å². The Labute approximate surface area is 174 Å². The standard InChI is InChI=1S/C24H40O5/c1-14(4-5-20(27)28)17-8-11-24(29)21-18(7-10-23(17,24)3)22(2)9-6-16(25)12-15(22)13-19(21)26/h14-19,21,25-26,29H,4-13H2,1-3H3,(H,27,28)/t14-,15+,16-,17-,18+,19+,21+,22+,23-,24-/m1/s1. The van der Waals surface area contributed by atoms with Crippen LogP contribution in [0.2, 0.25) is 0 Å². The summed E-state index contributed by atoms with van der Waals surface area (Å²) in [6.07, 6.45) is 6.96. The topological polar surface area (TPSA) is 98.0 Å². The summed E-state index contributed by atoms with van der Waals surface area (Å²) in [7, 11) is 0. The first-order valence-electron chi connectivity index (χ1n) is 11.8. The van der Waals surface area contributed by atoms with E-state index in [1.54, 1.807) is 0 Å². The van der Waals surface area contributed by atoms with Gasteiger partial charge in [0.25, 0.3) is 0 Å². The van der Waals surface area contributed by atoms with Crippen molar-refractivity contribution in [3.05, 3.63) is 0 Å². The van der Waals surface area contributed by atoms with Crippen molar-refractivity contribution in [2.45, 2.75) is 103 Å². The lowest BCUT2D eigenvalue weighted by molar-refractivity contribution is -0.244. The third-order valence-corrected chi connectivity index (χ3v) is 10.4. The molecule has 4 aliphatic rings. The zero-order valence-electron chi connectivity index (χ0n) is 18.3. The van der Waals surface area contributed by atoms with Gasteiger partial charge in [-0.15, -0.1) is 0 Å². The zero-order chi connectivity index (χ0) is 21.2. The molecule has 4 fully saturated rings. The Kier molecular flexibility index (Phi) is 5.36. The minimum Gasteiger partial charge on any atom is -0.481 e. The van der Waals surface area contributed by atoms with Crippen molar-refractivity contribution in [3.63, 3.8) is 0 Å². The summed E-state index contributed by atoms with van der Waals surface area (Å²) in [5, 5.41) is 42.7. The molecular formula is C24H40O5. The van der Waals surface area contributed by atoms with Crippen LogP contribution in [0.15, 0.2) is 0 Å². The van der Waals surface area contributed by atoms with E-state index >= 15 is 0 Å². The molecule has 4 rings (SSSR count). The summed E-state index contributed by atoms with van der Waals surface area (Å²) in [4.78, 5) is 11.1. The third-order valence-electron chi connectivity index (χ3n) is 10.4. The summed E-state index contributed by atoms with van der Waals surface area (Å²) >= 11 is 0. The van der Waals surface area contributed by atoms with Crippen LogP contribution in [-0.4, -0.2) is 44.2 Å². The van der Waals surface area contributed by atoms with Crippen molar-refractivity contribution < 1.29 is 25.2 Å². The quantitative estimate of drug-likeness (QED) is 0.570. The predicted molar refractivity (Wildman–Crippen MR) is 110 cm³/mol. The maximum Gasteiger partial charge on any atom is 0.303 e. The second kappa shape index (κ2) is 7.20. The number of hydrogen-bond acceptors (Lipinski definition) is 4. The smallest absolute Gasteiger partial charge is 0.303 e. The van der Waals surface area contributed by atoms with Gasteiger partial charge in [-0.2, -0.15) is 0 Å². The van der Waals surface area contributed by atoms with Crippen molar-refractivity contribution >= 4 is 5.97 Å². The van der Waals surface area contributed by atoms with Gasteiger partial charge >= 0.3 is 5.97 Å². The van der Waals surface area contributed by atoms with Gasteiger partial charge < -0.3 is 20.4 Å². The van der Waals surface area contributed by atoms with E-state index < -0.39 is 17.7 Å². The SMILES string of the molecule is C[C@H](CCC(=O)O)[C@H]1CC[C@@]2(O)[C@@H]3[C@@H](O)C[C@@H]4C[C@H](O)CC[C@]4(C)[C@H]3CC[C@]12C. The molecule has 0 aliphatic heterocycles. The molecule has 29 heavy (non-hydrogen) atoms. The summed E-state index contributed by atoms with van der Waals surface area (Å²) < 4.78 is 0. The van der Waals surface area contributed by atoms with Crippen LogP contribution in [0, 0.1) is 40.4 Å². The summed E-state index contributed by atoms with van der Waals surface area (Å²) in [5.74, 6) is 0.348. The van der Waals surface area contributed by atoms with E-state index in [-0.39, 0.29) is 35.2 Å². The van der Waals surface area contributed by atoms with Crippen LogP contribution in [0.3, 0.4) is 0 Å². The first-order chi connectivity index (χ1) is 13.5. The van der Waals surface area contributed by atoms with Crippen LogP contribution >= 0.6 is 0 Å². The summed E-state index contributed by atoms with van der Waals surface area (Å²) in [6, 6.07) is 0. The van der Waals surface area contributed by atoms with E-state index in [2.05, 4.69) is 20.8 Å². The van der Waals surface area contributed by atoms with Gasteiger partial charge in [-0.05, 0) is 92.3 Å². The fourth-order valence-electron chi connectivity index (χ4n) is 8.70. The Hall–Kier alpha value is -0.650. The Morgan fingerprint density at radius 3 is 2.48 bits per heavy atom. The van der Waals surface area contributed by atoms with Gasteiger partial charge in [0.2, 0.25) is 0 Å². The van der Waals surface area contributed by atoms with Crippen molar-refractivity contribution in [2.24, 2.45) is 40.4 Å². The second-order valence-corrected chi connectivity index (χ2v) is 11.5. The lowest BCUT2D eigenvalue weighted by atomic mass is 9.42. The normalized spacial score (nSPS) is 52.9. The molecule has 0 bridgehead atoms. The number of rotatable bonds is 4. The van der Waals surface area contributed by atoms with Crippen molar-refractivity contribution in [2.75, 3.05) is 0 Å². The van der Waals surface area contributed by atoms with Gasteiger partial charge in [-0.25, -0.2) is 0 Å². The van der Waals surface area contributed by atoms with Crippen LogP contribution in [0.1, 0.15) is 85.0 Å². The van der Waals surface area contributed by atoms with Crippen molar-refractivity contribution in [1.29, 1.82) is 0 Å². The van der Waals surface area contributed by atoms with Crippen LogP contribution in [0.25, 0.3) is 0 Å². The molecule has 0 spiro atoms. The molecule has 4 saturated carbocycles. The number of carboxylic acids is 1. The molecule has 0 radical (unpaired) electrons. The molecule has 0 aromatic rings. The molecule has 0 heterocycles. The zero-order valence-corrected chi connectivity index (χ0v) is 18.3. The number of carboxylic acid groups (broad SMARTS) is 1. The number of aliphatic carboxylic acids is 1. The van der Waals surface area contributed by atoms with Gasteiger partial charge in [-0.1, -0.05) is 20.8 Å². The third kappa shape index (κ3) is 3.10. The Balaban J connectivity index is 1.62. The van der Waals surface area contributed by atoms with E-state index in [4.69, 9.17) is 5.11 Å². The number of fused-ring (bicyclic) bond motifs is 5. The summed E-state index contributed by atoms with van der Waals surface area (Å²) in [6.45, 7) is 6.71. The van der Waals surface area contributed by atoms with Crippen molar-refractivity contribution in [3.8, 4) is 0 Å². The fraction of sp³-hybridized carbons (Fsp3) is 0.958. The molecule has 0 saturated heterocycles. The van der Waals surface area contributed by atoms with Crippen LogP contribution in [0.4, 0.5) is 0 Å². The minimum atomic E-state index is -0.873. The van der Waals surface area contributed by atoms with Gasteiger partial charge in [0, 0.05) is 12.3 Å².